The predicted octanol–water partition coefficient (Wildman–Crippen LogP) is 3.21. The normalized spacial score (nSPS) is 10.5. The van der Waals surface area contributed by atoms with Crippen LogP contribution in [-0.2, 0) is 13.5 Å². The molecular formula is C12H11ClN2. The Morgan fingerprint density at radius 3 is 2.87 bits per heavy atom. The summed E-state index contributed by atoms with van der Waals surface area (Å²) in [7, 11) is 1.98. The standard InChI is InChI=1S/C12H11ClN2/c1-8-9(6-7-14)10-4-3-5-11(13)12(10)15(8)2/h3-5H,6H2,1-2H3. The van der Waals surface area contributed by atoms with Crippen LogP contribution in [0.25, 0.3) is 10.9 Å². The van der Waals surface area contributed by atoms with Crippen LogP contribution in [0.5, 0.6) is 0 Å². The van der Waals surface area contributed by atoms with Gasteiger partial charge < -0.3 is 4.57 Å². The lowest BCUT2D eigenvalue weighted by Crippen LogP contribution is -1.92. The summed E-state index contributed by atoms with van der Waals surface area (Å²) in [4.78, 5) is 0. The molecule has 0 bridgehead atoms. The molecule has 1 aromatic heterocycles. The van der Waals surface area contributed by atoms with E-state index in [4.69, 9.17) is 16.9 Å². The molecule has 15 heavy (non-hydrogen) atoms. The Bertz CT molecular complexity index is 561. The van der Waals surface area contributed by atoms with Crippen molar-refractivity contribution in [2.45, 2.75) is 13.3 Å². The summed E-state index contributed by atoms with van der Waals surface area (Å²) >= 11 is 6.14. The lowest BCUT2D eigenvalue weighted by atomic mass is 10.1. The summed E-state index contributed by atoms with van der Waals surface area (Å²) in [5.74, 6) is 0. The van der Waals surface area contributed by atoms with Crippen molar-refractivity contribution in [3.05, 3.63) is 34.5 Å². The largest absolute Gasteiger partial charge is 0.346 e. The van der Waals surface area contributed by atoms with Crippen LogP contribution < -0.4 is 0 Å². The molecule has 0 amide bonds. The number of aryl methyl sites for hydroxylation is 1. The van der Waals surface area contributed by atoms with Crippen molar-refractivity contribution in [1.82, 2.24) is 4.57 Å². The topological polar surface area (TPSA) is 28.7 Å². The quantitative estimate of drug-likeness (QED) is 0.723. The molecule has 0 saturated heterocycles. The zero-order valence-electron chi connectivity index (χ0n) is 8.71. The van der Waals surface area contributed by atoms with E-state index in [0.29, 0.717) is 6.42 Å². The van der Waals surface area contributed by atoms with E-state index in [-0.39, 0.29) is 0 Å². The van der Waals surface area contributed by atoms with Crippen LogP contribution in [-0.4, -0.2) is 4.57 Å². The molecule has 0 aliphatic carbocycles. The minimum Gasteiger partial charge on any atom is -0.346 e. The minimum absolute atomic E-state index is 0.434. The van der Waals surface area contributed by atoms with Gasteiger partial charge in [-0.3, -0.25) is 0 Å². The van der Waals surface area contributed by atoms with Crippen LogP contribution in [0.1, 0.15) is 11.3 Å². The molecule has 0 N–H and O–H groups in total. The highest BCUT2D eigenvalue weighted by molar-refractivity contribution is 6.35. The maximum Gasteiger partial charge on any atom is 0.0672 e. The second kappa shape index (κ2) is 3.60. The average molecular weight is 219 g/mol. The summed E-state index contributed by atoms with van der Waals surface area (Å²) < 4.78 is 2.05. The molecule has 0 radical (unpaired) electrons. The number of nitrogens with zero attached hydrogens (tertiary/aromatic N) is 2. The summed E-state index contributed by atoms with van der Waals surface area (Å²) in [6.07, 6.45) is 0.434. The van der Waals surface area contributed by atoms with Gasteiger partial charge in [-0.15, -0.1) is 0 Å². The van der Waals surface area contributed by atoms with Gasteiger partial charge in [0, 0.05) is 18.1 Å². The molecular weight excluding hydrogens is 208 g/mol. The van der Waals surface area contributed by atoms with Crippen LogP contribution >= 0.6 is 11.6 Å². The van der Waals surface area contributed by atoms with Crippen LogP contribution in [0.15, 0.2) is 18.2 Å². The molecule has 0 aliphatic heterocycles. The average Bonchev–Trinajstić information content (AvgIpc) is 2.45. The van der Waals surface area contributed by atoms with E-state index in [1.807, 2.05) is 36.7 Å². The molecule has 0 unspecified atom stereocenters. The third-order valence-corrected chi connectivity index (χ3v) is 3.15. The fourth-order valence-corrected chi connectivity index (χ4v) is 2.27. The summed E-state index contributed by atoms with van der Waals surface area (Å²) in [5.41, 5.74) is 3.21. The van der Waals surface area contributed by atoms with E-state index in [2.05, 4.69) is 6.07 Å². The van der Waals surface area contributed by atoms with Gasteiger partial charge in [0.2, 0.25) is 0 Å². The molecule has 2 nitrogen and oxygen atoms in total. The number of para-hydroxylation sites is 1. The summed E-state index contributed by atoms with van der Waals surface area (Å²) in [6, 6.07) is 8.00. The van der Waals surface area contributed by atoms with Gasteiger partial charge in [0.15, 0.2) is 0 Å². The van der Waals surface area contributed by atoms with E-state index in [0.717, 1.165) is 27.2 Å². The van der Waals surface area contributed by atoms with Crippen molar-refractivity contribution in [2.75, 3.05) is 0 Å². The van der Waals surface area contributed by atoms with Gasteiger partial charge in [-0.25, -0.2) is 0 Å². The molecule has 3 heteroatoms. The summed E-state index contributed by atoms with van der Waals surface area (Å²) in [6.45, 7) is 2.02. The molecule has 1 aromatic carbocycles. The number of halogens is 1. The van der Waals surface area contributed by atoms with E-state index < -0.39 is 0 Å². The highest BCUT2D eigenvalue weighted by atomic mass is 35.5. The molecule has 2 rings (SSSR count). The molecule has 0 atom stereocenters. The zero-order valence-corrected chi connectivity index (χ0v) is 9.47. The molecule has 76 valence electrons. The number of hydrogen-bond donors (Lipinski definition) is 0. The van der Waals surface area contributed by atoms with E-state index in [1.165, 1.54) is 0 Å². The first-order valence-corrected chi connectivity index (χ1v) is 5.14. The van der Waals surface area contributed by atoms with E-state index in [9.17, 15) is 0 Å². The SMILES string of the molecule is Cc1c(CC#N)c2cccc(Cl)c2n1C. The first-order chi connectivity index (χ1) is 7.16. The van der Waals surface area contributed by atoms with Crippen LogP contribution in [0.2, 0.25) is 5.02 Å². The lowest BCUT2D eigenvalue weighted by Gasteiger charge is -1.99. The lowest BCUT2D eigenvalue weighted by molar-refractivity contribution is 0.906. The van der Waals surface area contributed by atoms with Gasteiger partial charge in [0.1, 0.15) is 0 Å². The molecule has 0 saturated carbocycles. The van der Waals surface area contributed by atoms with Crippen LogP contribution in [0.4, 0.5) is 0 Å². The molecule has 0 spiro atoms. The maximum absolute atomic E-state index is 8.79. The van der Waals surface area contributed by atoms with E-state index in [1.54, 1.807) is 0 Å². The van der Waals surface area contributed by atoms with Gasteiger partial charge in [-0.2, -0.15) is 5.26 Å². The van der Waals surface area contributed by atoms with Crippen LogP contribution in [0.3, 0.4) is 0 Å². The van der Waals surface area contributed by atoms with Crippen molar-refractivity contribution < 1.29 is 0 Å². The second-order valence-electron chi connectivity index (χ2n) is 3.59. The molecule has 0 fully saturated rings. The van der Waals surface area contributed by atoms with Crippen LogP contribution in [0, 0.1) is 18.3 Å². The van der Waals surface area contributed by atoms with Gasteiger partial charge in [-0.05, 0) is 18.6 Å². The summed E-state index contributed by atoms with van der Waals surface area (Å²) in [5, 5.41) is 10.6. The third kappa shape index (κ3) is 1.40. The molecule has 2 aromatic rings. The minimum atomic E-state index is 0.434. The van der Waals surface area contributed by atoms with Crippen molar-refractivity contribution in [1.29, 1.82) is 5.26 Å². The van der Waals surface area contributed by atoms with Crippen molar-refractivity contribution in [3.63, 3.8) is 0 Å². The van der Waals surface area contributed by atoms with Crippen molar-refractivity contribution in [3.8, 4) is 6.07 Å². The Labute approximate surface area is 93.7 Å². The van der Waals surface area contributed by atoms with E-state index >= 15 is 0 Å². The number of hydrogen-bond acceptors (Lipinski definition) is 1. The molecule has 0 aliphatic rings. The Balaban J connectivity index is 2.88. The second-order valence-corrected chi connectivity index (χ2v) is 4.00. The highest BCUT2D eigenvalue weighted by Crippen LogP contribution is 2.30. The number of fused-ring (bicyclic) bond motifs is 1. The molecule has 1 heterocycles. The first kappa shape index (κ1) is 10.1. The number of benzene rings is 1. The first-order valence-electron chi connectivity index (χ1n) is 4.76. The Hall–Kier alpha value is -1.46. The Morgan fingerprint density at radius 1 is 1.47 bits per heavy atom. The highest BCUT2D eigenvalue weighted by Gasteiger charge is 2.13. The monoisotopic (exact) mass is 218 g/mol. The van der Waals surface area contributed by atoms with Gasteiger partial charge in [0.25, 0.3) is 0 Å². The number of nitriles is 1. The maximum atomic E-state index is 8.79. The number of aromatic nitrogens is 1. The van der Waals surface area contributed by atoms with Crippen molar-refractivity contribution >= 4 is 22.5 Å². The van der Waals surface area contributed by atoms with Gasteiger partial charge in [0.05, 0.1) is 23.0 Å². The third-order valence-electron chi connectivity index (χ3n) is 2.84. The Kier molecular flexibility index (Phi) is 2.42. The smallest absolute Gasteiger partial charge is 0.0672 e. The van der Waals surface area contributed by atoms with Gasteiger partial charge in [-0.1, -0.05) is 23.7 Å². The fourth-order valence-electron chi connectivity index (χ4n) is 1.97. The predicted molar refractivity (Wildman–Crippen MR) is 62.0 cm³/mol. The zero-order chi connectivity index (χ0) is 11.0. The fraction of sp³-hybridized carbons (Fsp3) is 0.250. The number of rotatable bonds is 1. The van der Waals surface area contributed by atoms with Crippen molar-refractivity contribution in [2.24, 2.45) is 7.05 Å². The van der Waals surface area contributed by atoms with Gasteiger partial charge >= 0.3 is 0 Å². The Morgan fingerprint density at radius 2 is 2.20 bits per heavy atom.